The summed E-state index contributed by atoms with van der Waals surface area (Å²) >= 11 is 0. The van der Waals surface area contributed by atoms with Crippen LogP contribution in [0.3, 0.4) is 0 Å². The average Bonchev–Trinajstić information content (AvgIpc) is 3.05. The van der Waals surface area contributed by atoms with Gasteiger partial charge in [-0.2, -0.15) is 0 Å². The number of carbonyl (C=O) groups excluding carboxylic acids is 4. The molecule has 0 fully saturated rings. The summed E-state index contributed by atoms with van der Waals surface area (Å²) in [5, 5.41) is 30.3. The third-order valence-electron chi connectivity index (χ3n) is 8.12. The average molecular weight is 659 g/mol. The number of primary amides is 1. The number of carboxylic acids is 1. The van der Waals surface area contributed by atoms with Crippen LogP contribution < -0.4 is 27.0 Å². The lowest BCUT2D eigenvalue weighted by Crippen LogP contribution is -2.57. The number of nitrogens with zero attached hydrogens (tertiary/aromatic N) is 1. The second kappa shape index (κ2) is 22.4. The topological polar surface area (TPSA) is 212 Å². The molecule has 8 N–H and O–H groups in total. The van der Waals surface area contributed by atoms with E-state index in [1.807, 2.05) is 0 Å². The highest BCUT2D eigenvalue weighted by molar-refractivity contribution is 5.97. The Kier molecular flexibility index (Phi) is 18.6. The number of hydrogen-bond acceptors (Lipinski definition) is 8. The molecular weight excluding hydrogens is 604 g/mol. The minimum atomic E-state index is -1.21. The highest BCUT2D eigenvalue weighted by atomic mass is 16.4. The van der Waals surface area contributed by atoms with Crippen molar-refractivity contribution in [2.45, 2.75) is 128 Å². The number of nitrogens with one attached hydrogen (secondary N) is 4. The molecule has 0 saturated carbocycles. The van der Waals surface area contributed by atoms with Crippen LogP contribution in [0.4, 0.5) is 0 Å². The van der Waals surface area contributed by atoms with E-state index in [-0.39, 0.29) is 43.9 Å². The van der Waals surface area contributed by atoms with Crippen molar-refractivity contribution in [3.63, 3.8) is 0 Å². The maximum Gasteiger partial charge on any atom is 0.326 e. The Hall–Kier alpha value is -4.16. The first kappa shape index (κ1) is 39.0. The first-order chi connectivity index (χ1) is 22.6. The van der Waals surface area contributed by atoms with Crippen LogP contribution in [0.2, 0.25) is 0 Å². The fraction of sp³-hybridized carbons (Fsp3) is 0.647. The molecule has 0 spiro atoms. The van der Waals surface area contributed by atoms with Gasteiger partial charge >= 0.3 is 5.97 Å². The molecule has 1 heterocycles. The van der Waals surface area contributed by atoms with Gasteiger partial charge < -0.3 is 37.2 Å². The maximum absolute atomic E-state index is 13.1. The van der Waals surface area contributed by atoms with E-state index in [0.717, 1.165) is 24.8 Å². The monoisotopic (exact) mass is 658 g/mol. The highest BCUT2D eigenvalue weighted by Crippen LogP contribution is 2.15. The molecule has 0 saturated heterocycles. The summed E-state index contributed by atoms with van der Waals surface area (Å²) in [5.74, 6) is -2.69. The molecule has 0 aromatic heterocycles. The summed E-state index contributed by atoms with van der Waals surface area (Å²) in [7, 11) is 0. The van der Waals surface area contributed by atoms with Gasteiger partial charge in [0.05, 0.1) is 12.6 Å². The number of nitrogens with two attached hydrogens (primary N) is 1. The predicted molar refractivity (Wildman–Crippen MR) is 180 cm³/mol. The van der Waals surface area contributed by atoms with Crippen molar-refractivity contribution in [1.29, 1.82) is 0 Å². The second-order valence-electron chi connectivity index (χ2n) is 12.2. The number of aliphatic carboxylic acids is 1. The largest absolute Gasteiger partial charge is 0.508 e. The third-order valence-corrected chi connectivity index (χ3v) is 8.12. The summed E-state index contributed by atoms with van der Waals surface area (Å²) in [6.45, 7) is 2.20. The summed E-state index contributed by atoms with van der Waals surface area (Å²) in [5.41, 5.74) is 5.90. The van der Waals surface area contributed by atoms with Crippen LogP contribution in [0.1, 0.15) is 109 Å². The van der Waals surface area contributed by atoms with Gasteiger partial charge in [0, 0.05) is 19.4 Å². The molecule has 0 unspecified atom stereocenters. The number of rotatable bonds is 24. The lowest BCUT2D eigenvalue weighted by Gasteiger charge is -2.29. The molecule has 1 aliphatic heterocycles. The first-order valence-corrected chi connectivity index (χ1v) is 17.0. The van der Waals surface area contributed by atoms with Crippen molar-refractivity contribution in [2.24, 2.45) is 10.7 Å². The zero-order valence-electron chi connectivity index (χ0n) is 27.7. The van der Waals surface area contributed by atoms with Gasteiger partial charge in [-0.1, -0.05) is 83.3 Å². The number of amides is 4. The van der Waals surface area contributed by atoms with E-state index >= 15 is 0 Å². The van der Waals surface area contributed by atoms with Crippen molar-refractivity contribution in [3.8, 4) is 5.75 Å². The van der Waals surface area contributed by atoms with Gasteiger partial charge in [0.2, 0.25) is 23.6 Å². The van der Waals surface area contributed by atoms with E-state index in [0.29, 0.717) is 25.2 Å². The van der Waals surface area contributed by atoms with Crippen LogP contribution in [0.15, 0.2) is 29.3 Å². The Bertz CT molecular complexity index is 1170. The molecule has 13 heteroatoms. The number of phenols is 1. The number of benzene rings is 1. The van der Waals surface area contributed by atoms with E-state index in [1.165, 1.54) is 57.1 Å². The molecule has 262 valence electrons. The molecule has 3 atom stereocenters. The van der Waals surface area contributed by atoms with E-state index in [2.05, 4.69) is 33.2 Å². The molecule has 47 heavy (non-hydrogen) atoms. The summed E-state index contributed by atoms with van der Waals surface area (Å²) in [6.07, 6.45) is 13.3. The summed E-state index contributed by atoms with van der Waals surface area (Å²) in [6, 6.07) is 3.81. The zero-order chi connectivity index (χ0) is 34.4. The Morgan fingerprint density at radius 1 is 0.894 bits per heavy atom. The minimum absolute atomic E-state index is 0.0823. The molecule has 13 nitrogen and oxygen atoms in total. The Morgan fingerprint density at radius 2 is 1.49 bits per heavy atom. The van der Waals surface area contributed by atoms with Crippen molar-refractivity contribution >= 4 is 35.4 Å². The lowest BCUT2D eigenvalue weighted by molar-refractivity contribution is -0.142. The Balaban J connectivity index is 1.85. The molecule has 4 amide bonds. The van der Waals surface area contributed by atoms with Crippen molar-refractivity contribution in [3.05, 3.63) is 29.8 Å². The molecule has 2 rings (SSSR count). The van der Waals surface area contributed by atoms with Gasteiger partial charge in [-0.15, -0.1) is 0 Å². The second-order valence-corrected chi connectivity index (χ2v) is 12.2. The fourth-order valence-corrected chi connectivity index (χ4v) is 5.41. The van der Waals surface area contributed by atoms with E-state index in [9.17, 15) is 34.2 Å². The quantitative estimate of drug-likeness (QED) is 0.0819. The Labute approximate surface area is 277 Å². The van der Waals surface area contributed by atoms with Gasteiger partial charge in [0.1, 0.15) is 23.7 Å². The molecule has 0 aliphatic carbocycles. The first-order valence-electron chi connectivity index (χ1n) is 17.0. The van der Waals surface area contributed by atoms with Crippen molar-refractivity contribution in [2.75, 3.05) is 13.1 Å². The molecule has 1 aliphatic rings. The standard InChI is InChI=1S/C34H54N6O7/c1-2-3-4-5-6-7-8-9-10-11-12-13-30(43)38-27(34(46)47)18-19-31(44)39-28(22-24-14-16-25(41)17-15-24)32-36-21-20-26(40-32)33(45)37-23-29(35)42/h14-17,26-28,41H,2-13,18-23H2,1H3,(H2,35,42)(H,36,40)(H,37,45)(H,38,43)(H,39,44)(H,46,47)/t26-,27-,28+/m0/s1. The van der Waals surface area contributed by atoms with Crippen LogP contribution in [-0.2, 0) is 30.4 Å². The number of amidine groups is 1. The normalized spacial score (nSPS) is 15.4. The number of phenolic OH excluding ortho intramolecular Hbond substituents is 1. The lowest BCUT2D eigenvalue weighted by atomic mass is 10.0. The number of carboxylic acid groups (broad SMARTS) is 1. The smallest absolute Gasteiger partial charge is 0.326 e. The SMILES string of the molecule is CCCCCCCCCCCCCC(=O)N[C@@H](CCC(=O)N[C@H](Cc1ccc(O)cc1)C1=NCC[C@@H](C(=O)NCC(N)=O)N1)C(=O)O. The number of aliphatic imine (C=N–C) groups is 1. The fourth-order valence-electron chi connectivity index (χ4n) is 5.41. The molecule has 1 aromatic rings. The molecule has 0 radical (unpaired) electrons. The third kappa shape index (κ3) is 16.8. The van der Waals surface area contributed by atoms with Crippen molar-refractivity contribution < 1.29 is 34.2 Å². The van der Waals surface area contributed by atoms with Crippen LogP contribution in [0, 0.1) is 0 Å². The van der Waals surface area contributed by atoms with Crippen LogP contribution >= 0.6 is 0 Å². The van der Waals surface area contributed by atoms with Gasteiger partial charge in [0.25, 0.3) is 0 Å². The Morgan fingerprint density at radius 3 is 2.09 bits per heavy atom. The van der Waals surface area contributed by atoms with E-state index in [1.54, 1.807) is 12.1 Å². The zero-order valence-corrected chi connectivity index (χ0v) is 27.7. The van der Waals surface area contributed by atoms with Crippen LogP contribution in [0.25, 0.3) is 0 Å². The number of hydrogen-bond donors (Lipinski definition) is 7. The van der Waals surface area contributed by atoms with Gasteiger partial charge in [-0.3, -0.25) is 24.2 Å². The number of carbonyl (C=O) groups is 5. The van der Waals surface area contributed by atoms with Crippen molar-refractivity contribution in [1.82, 2.24) is 21.3 Å². The minimum Gasteiger partial charge on any atom is -0.508 e. The predicted octanol–water partition coefficient (Wildman–Crippen LogP) is 2.83. The number of aromatic hydroxyl groups is 1. The van der Waals surface area contributed by atoms with E-state index in [4.69, 9.17) is 5.73 Å². The summed E-state index contributed by atoms with van der Waals surface area (Å²) in [4.78, 5) is 65.5. The molecule has 1 aromatic carbocycles. The maximum atomic E-state index is 13.1. The molecule has 0 bridgehead atoms. The van der Waals surface area contributed by atoms with Crippen LogP contribution in [0.5, 0.6) is 5.75 Å². The van der Waals surface area contributed by atoms with Gasteiger partial charge in [-0.05, 0) is 43.4 Å². The van der Waals surface area contributed by atoms with Gasteiger partial charge in [0.15, 0.2) is 0 Å². The van der Waals surface area contributed by atoms with Crippen LogP contribution in [-0.4, -0.2) is 76.9 Å². The van der Waals surface area contributed by atoms with E-state index < -0.39 is 41.8 Å². The number of unbranched alkanes of at least 4 members (excludes halogenated alkanes) is 10. The summed E-state index contributed by atoms with van der Waals surface area (Å²) < 4.78 is 0. The highest BCUT2D eigenvalue weighted by Gasteiger charge is 2.29. The molecular formula is C34H54N6O7. The van der Waals surface area contributed by atoms with Gasteiger partial charge in [-0.25, -0.2) is 4.79 Å².